The number of carbonyl (C=O) groups is 3. The normalized spacial score (nSPS) is 12.6. The van der Waals surface area contributed by atoms with E-state index >= 15 is 0 Å². The Morgan fingerprint density at radius 3 is 0.882 bits per heavy atom. The van der Waals surface area contributed by atoms with Crippen molar-refractivity contribution in [1.29, 1.82) is 0 Å². The highest BCUT2D eigenvalue weighted by molar-refractivity contribution is 5.71. The molecule has 0 N–H and O–H groups in total. The molecule has 0 bridgehead atoms. The van der Waals surface area contributed by atoms with E-state index in [0.717, 1.165) is 89.9 Å². The van der Waals surface area contributed by atoms with Crippen molar-refractivity contribution < 1.29 is 28.6 Å². The molecule has 0 heterocycles. The van der Waals surface area contributed by atoms with Gasteiger partial charge >= 0.3 is 17.9 Å². The Kier molecular flexibility index (Phi) is 53.8. The number of hydrogen-bond acceptors (Lipinski definition) is 6. The number of allylic oxidation sites excluding steroid dienone is 12. The number of carbonyl (C=O) groups excluding carboxylic acids is 3. The van der Waals surface area contributed by atoms with E-state index in [1.165, 1.54) is 154 Å². The van der Waals surface area contributed by atoms with E-state index in [2.05, 4.69) is 93.7 Å². The molecule has 0 spiro atoms. The maximum atomic E-state index is 12.9. The monoisotopic (exact) mass is 949 g/mol. The third kappa shape index (κ3) is 53.8. The highest BCUT2D eigenvalue weighted by Crippen LogP contribution is 2.16. The Balaban J connectivity index is 4.42. The summed E-state index contributed by atoms with van der Waals surface area (Å²) in [6.07, 6.45) is 71.7. The van der Waals surface area contributed by atoms with Gasteiger partial charge in [-0.15, -0.1) is 0 Å². The van der Waals surface area contributed by atoms with E-state index < -0.39 is 6.10 Å². The fraction of sp³-hybridized carbons (Fsp3) is 0.758. The number of hydrogen-bond donors (Lipinski definition) is 0. The Labute approximate surface area is 421 Å². The van der Waals surface area contributed by atoms with Crippen LogP contribution in [0.4, 0.5) is 0 Å². The van der Waals surface area contributed by atoms with E-state index in [4.69, 9.17) is 14.2 Å². The third-order valence-electron chi connectivity index (χ3n) is 12.6. The van der Waals surface area contributed by atoms with Crippen molar-refractivity contribution >= 4 is 17.9 Å². The van der Waals surface area contributed by atoms with Crippen LogP contribution in [0, 0.1) is 0 Å². The molecule has 1 atom stereocenters. The van der Waals surface area contributed by atoms with Gasteiger partial charge in [-0.1, -0.05) is 273 Å². The predicted molar refractivity (Wildman–Crippen MR) is 293 cm³/mol. The maximum absolute atomic E-state index is 12.9. The number of ether oxygens (including phenoxy) is 3. The molecule has 0 amide bonds. The second-order valence-corrected chi connectivity index (χ2v) is 19.3. The van der Waals surface area contributed by atoms with Crippen molar-refractivity contribution in [3.8, 4) is 0 Å². The van der Waals surface area contributed by atoms with Gasteiger partial charge in [-0.3, -0.25) is 14.4 Å². The van der Waals surface area contributed by atoms with Crippen molar-refractivity contribution in [3.05, 3.63) is 72.9 Å². The molecule has 6 heteroatoms. The molecule has 6 nitrogen and oxygen atoms in total. The Morgan fingerprint density at radius 1 is 0.309 bits per heavy atom. The summed E-state index contributed by atoms with van der Waals surface area (Å²) in [5.74, 6) is -0.906. The molecule has 0 saturated carbocycles. The SMILES string of the molecule is CC\C=C/C=C\C=C/CCCCCCCCCC(=O)OCC(COC(=O)CCCCCCC\C=C/C=C\C=C/CCCCCCC)OC(=O)CCCCCCCCCCCCCCCCCCC. The van der Waals surface area contributed by atoms with Gasteiger partial charge in [0.05, 0.1) is 0 Å². The predicted octanol–water partition coefficient (Wildman–Crippen LogP) is 19.4. The second kappa shape index (κ2) is 56.4. The first kappa shape index (κ1) is 64.8. The van der Waals surface area contributed by atoms with E-state index in [1.54, 1.807) is 0 Å². The van der Waals surface area contributed by atoms with Crippen LogP contribution >= 0.6 is 0 Å². The second-order valence-electron chi connectivity index (χ2n) is 19.3. The molecule has 392 valence electrons. The molecule has 0 aromatic carbocycles. The third-order valence-corrected chi connectivity index (χ3v) is 12.6. The molecule has 0 aliphatic heterocycles. The van der Waals surface area contributed by atoms with Crippen molar-refractivity contribution in [1.82, 2.24) is 0 Å². The highest BCUT2D eigenvalue weighted by atomic mass is 16.6. The first-order valence-electron chi connectivity index (χ1n) is 29.0. The van der Waals surface area contributed by atoms with Gasteiger partial charge in [-0.05, 0) is 64.2 Å². The van der Waals surface area contributed by atoms with Crippen molar-refractivity contribution in [3.63, 3.8) is 0 Å². The average molecular weight is 950 g/mol. The quantitative estimate of drug-likeness (QED) is 0.0262. The minimum atomic E-state index is -0.788. The van der Waals surface area contributed by atoms with Crippen LogP contribution in [0.3, 0.4) is 0 Å². The van der Waals surface area contributed by atoms with Gasteiger partial charge in [0.15, 0.2) is 6.10 Å². The molecule has 1 unspecified atom stereocenters. The zero-order chi connectivity index (χ0) is 49.3. The average Bonchev–Trinajstić information content (AvgIpc) is 3.34. The van der Waals surface area contributed by atoms with Gasteiger partial charge < -0.3 is 14.2 Å². The standard InChI is InChI=1S/C62H108O6/c1-4-7-10-13-16-19-22-25-28-30-32-34-37-40-43-46-49-52-55-61(64)67-58-59(57-66-60(63)54-51-48-45-42-39-36-33-27-24-21-18-15-12-9-6-3)68-62(65)56-53-50-47-44-41-38-35-31-29-26-23-20-17-14-11-8-5-2/h9,12,15,18,21-22,24-25,28,30,32,34,59H,4-8,10-11,13-14,16-17,19-20,23,26-27,29,31,33,35-58H2,1-3H3/b12-9-,18-15-,24-21-,25-22-,30-28-,34-32-. The van der Waals surface area contributed by atoms with Crippen LogP contribution in [0.1, 0.15) is 284 Å². The number of rotatable bonds is 52. The van der Waals surface area contributed by atoms with Gasteiger partial charge in [0.25, 0.3) is 0 Å². The van der Waals surface area contributed by atoms with E-state index in [1.807, 2.05) is 0 Å². The van der Waals surface area contributed by atoms with Crippen LogP contribution in [0.2, 0.25) is 0 Å². The molecule has 0 fully saturated rings. The van der Waals surface area contributed by atoms with Crippen molar-refractivity contribution in [2.24, 2.45) is 0 Å². The Morgan fingerprint density at radius 2 is 0.574 bits per heavy atom. The zero-order valence-corrected chi connectivity index (χ0v) is 44.9. The first-order chi connectivity index (χ1) is 33.5. The van der Waals surface area contributed by atoms with Crippen LogP contribution in [-0.4, -0.2) is 37.2 Å². The van der Waals surface area contributed by atoms with Crippen LogP contribution in [0.5, 0.6) is 0 Å². The lowest BCUT2D eigenvalue weighted by molar-refractivity contribution is -0.167. The topological polar surface area (TPSA) is 78.9 Å². The molecule has 0 saturated heterocycles. The summed E-state index contributed by atoms with van der Waals surface area (Å²) in [6, 6.07) is 0. The minimum Gasteiger partial charge on any atom is -0.462 e. The molecule has 0 rings (SSSR count). The Hall–Kier alpha value is -3.15. The smallest absolute Gasteiger partial charge is 0.306 e. The van der Waals surface area contributed by atoms with Crippen LogP contribution in [-0.2, 0) is 28.6 Å². The van der Waals surface area contributed by atoms with Crippen molar-refractivity contribution in [2.75, 3.05) is 13.2 Å². The molecular weight excluding hydrogens is 841 g/mol. The fourth-order valence-corrected chi connectivity index (χ4v) is 8.21. The number of unbranched alkanes of at least 4 members (excludes halogenated alkanes) is 33. The Bertz CT molecular complexity index is 1270. The van der Waals surface area contributed by atoms with Crippen molar-refractivity contribution in [2.45, 2.75) is 290 Å². The molecule has 0 aliphatic rings. The lowest BCUT2D eigenvalue weighted by Crippen LogP contribution is -2.30. The largest absolute Gasteiger partial charge is 0.462 e. The molecule has 68 heavy (non-hydrogen) atoms. The van der Waals surface area contributed by atoms with E-state index in [0.29, 0.717) is 19.3 Å². The lowest BCUT2D eigenvalue weighted by Gasteiger charge is -2.18. The van der Waals surface area contributed by atoms with Gasteiger partial charge in [-0.2, -0.15) is 0 Å². The summed E-state index contributed by atoms with van der Waals surface area (Å²) in [5.41, 5.74) is 0. The summed E-state index contributed by atoms with van der Waals surface area (Å²) < 4.78 is 16.9. The minimum absolute atomic E-state index is 0.0866. The van der Waals surface area contributed by atoms with Crippen LogP contribution < -0.4 is 0 Å². The molecular formula is C62H108O6. The zero-order valence-electron chi connectivity index (χ0n) is 44.9. The van der Waals surface area contributed by atoms with Gasteiger partial charge in [0.1, 0.15) is 13.2 Å². The fourth-order valence-electron chi connectivity index (χ4n) is 8.21. The van der Waals surface area contributed by atoms with Crippen LogP contribution in [0.15, 0.2) is 72.9 Å². The lowest BCUT2D eigenvalue weighted by atomic mass is 10.0. The highest BCUT2D eigenvalue weighted by Gasteiger charge is 2.19. The molecule has 0 aliphatic carbocycles. The molecule has 0 radical (unpaired) electrons. The van der Waals surface area contributed by atoms with Crippen LogP contribution in [0.25, 0.3) is 0 Å². The molecule has 0 aromatic heterocycles. The summed E-state index contributed by atoms with van der Waals surface area (Å²) in [7, 11) is 0. The van der Waals surface area contributed by atoms with Gasteiger partial charge in [0.2, 0.25) is 0 Å². The van der Waals surface area contributed by atoms with Gasteiger partial charge in [0, 0.05) is 19.3 Å². The van der Waals surface area contributed by atoms with Gasteiger partial charge in [-0.25, -0.2) is 0 Å². The first-order valence-corrected chi connectivity index (χ1v) is 29.0. The summed E-state index contributed by atoms with van der Waals surface area (Å²) in [5, 5.41) is 0. The molecule has 0 aromatic rings. The number of esters is 3. The van der Waals surface area contributed by atoms with E-state index in [9.17, 15) is 14.4 Å². The summed E-state index contributed by atoms with van der Waals surface area (Å²) in [6.45, 7) is 6.49. The summed E-state index contributed by atoms with van der Waals surface area (Å²) in [4.78, 5) is 38.2. The summed E-state index contributed by atoms with van der Waals surface area (Å²) >= 11 is 0. The van der Waals surface area contributed by atoms with E-state index in [-0.39, 0.29) is 31.1 Å². The maximum Gasteiger partial charge on any atom is 0.306 e.